The van der Waals surface area contributed by atoms with E-state index in [-0.39, 0.29) is 17.2 Å². The molecule has 0 bridgehead atoms. The number of amides is 1. The van der Waals surface area contributed by atoms with E-state index in [1.165, 1.54) is 24.3 Å². The minimum atomic E-state index is -2.50. The number of aromatic hydroxyl groups is 1. The van der Waals surface area contributed by atoms with Gasteiger partial charge in [0.25, 0.3) is 0 Å². The largest absolute Gasteiger partial charge is 0.508 e. The van der Waals surface area contributed by atoms with Gasteiger partial charge in [-0.1, -0.05) is 12.1 Å². The fourth-order valence-corrected chi connectivity index (χ4v) is 3.20. The van der Waals surface area contributed by atoms with Crippen LogP contribution in [-0.2, 0) is 16.0 Å². The first-order chi connectivity index (χ1) is 13.5. The Bertz CT molecular complexity index is 731. The molecule has 1 unspecified atom stereocenters. The molecule has 12 nitrogen and oxygen atoms in total. The molecule has 1 aliphatic heterocycles. The molecule has 12 heteroatoms. The van der Waals surface area contributed by atoms with E-state index in [1.807, 2.05) is 0 Å². The molecule has 1 fully saturated rings. The summed E-state index contributed by atoms with van der Waals surface area (Å²) in [6, 6.07) is 0.945. The van der Waals surface area contributed by atoms with E-state index in [0.717, 1.165) is 0 Å². The van der Waals surface area contributed by atoms with Crippen molar-refractivity contribution in [3.8, 4) is 5.75 Å². The van der Waals surface area contributed by atoms with E-state index in [4.69, 9.17) is 5.73 Å². The van der Waals surface area contributed by atoms with Gasteiger partial charge < -0.3 is 46.9 Å². The van der Waals surface area contributed by atoms with Crippen LogP contribution in [0.5, 0.6) is 5.75 Å². The molecular formula is C17H25N3O9. The van der Waals surface area contributed by atoms with Crippen molar-refractivity contribution in [3.63, 3.8) is 0 Å². The number of β-amino-alcohol motifs (C(OH)–C–C–N with tert-alkyl or cyclic N) is 1. The Morgan fingerprint density at radius 1 is 1.28 bits per heavy atom. The Morgan fingerprint density at radius 2 is 1.86 bits per heavy atom. The first-order valence-corrected chi connectivity index (χ1v) is 8.72. The summed E-state index contributed by atoms with van der Waals surface area (Å²) in [7, 11) is 0. The molecule has 0 spiro atoms. The third kappa shape index (κ3) is 4.82. The van der Waals surface area contributed by atoms with E-state index >= 15 is 0 Å². The van der Waals surface area contributed by atoms with Crippen LogP contribution >= 0.6 is 0 Å². The second-order valence-electron chi connectivity index (χ2n) is 7.02. The molecule has 6 atom stereocenters. The Morgan fingerprint density at radius 3 is 2.38 bits per heavy atom. The fraction of sp³-hybridized carbons (Fsp3) is 0.529. The Hall–Kier alpha value is -2.32. The molecule has 1 heterocycles. The average Bonchev–Trinajstić information content (AvgIpc) is 2.66. The van der Waals surface area contributed by atoms with Crippen molar-refractivity contribution in [2.75, 3.05) is 13.2 Å². The summed E-state index contributed by atoms with van der Waals surface area (Å²) >= 11 is 0. The van der Waals surface area contributed by atoms with Crippen LogP contribution in [0.3, 0.4) is 0 Å². The summed E-state index contributed by atoms with van der Waals surface area (Å²) in [5, 5.41) is 70.9. The number of hydroxylamine groups is 2. The quantitative estimate of drug-likeness (QED) is 0.211. The van der Waals surface area contributed by atoms with Gasteiger partial charge in [-0.05, 0) is 24.1 Å². The van der Waals surface area contributed by atoms with Gasteiger partial charge in [0.05, 0.1) is 25.2 Å². The Balaban J connectivity index is 2.16. The molecule has 0 saturated carbocycles. The molecule has 1 aromatic rings. The van der Waals surface area contributed by atoms with Crippen molar-refractivity contribution in [1.82, 2.24) is 10.4 Å². The van der Waals surface area contributed by atoms with Crippen molar-refractivity contribution in [2.24, 2.45) is 5.73 Å². The molecule has 0 aromatic heterocycles. The van der Waals surface area contributed by atoms with Gasteiger partial charge >= 0.3 is 5.97 Å². The van der Waals surface area contributed by atoms with Gasteiger partial charge in [0.15, 0.2) is 0 Å². The summed E-state index contributed by atoms with van der Waals surface area (Å²) in [5.74, 6) is -2.54. The van der Waals surface area contributed by atoms with Crippen molar-refractivity contribution in [2.45, 2.75) is 42.4 Å². The van der Waals surface area contributed by atoms with Crippen molar-refractivity contribution in [1.29, 1.82) is 0 Å². The first-order valence-electron chi connectivity index (χ1n) is 8.72. The predicted molar refractivity (Wildman–Crippen MR) is 95.7 cm³/mol. The number of phenolic OH excluding ortho intramolecular Hbond substituents is 1. The number of carbonyl (C=O) groups is 2. The number of phenols is 1. The van der Waals surface area contributed by atoms with Crippen molar-refractivity contribution >= 4 is 11.9 Å². The number of piperidine rings is 1. The van der Waals surface area contributed by atoms with Crippen LogP contribution in [0.15, 0.2) is 24.3 Å². The molecule has 2 rings (SSSR count). The minimum Gasteiger partial charge on any atom is -0.508 e. The van der Waals surface area contributed by atoms with E-state index < -0.39 is 61.0 Å². The SMILES string of the molecule is N[C@@H](Cc1ccc(O)cc1)C(=O)NC(C(=O)O)[C@H]1[C@H](O)[C@](O)(CO)[C@@H](O)CN1O. The maximum absolute atomic E-state index is 12.4. The maximum atomic E-state index is 12.4. The third-order valence-electron chi connectivity index (χ3n) is 5.00. The van der Waals surface area contributed by atoms with Gasteiger partial charge in [0.1, 0.15) is 29.6 Å². The van der Waals surface area contributed by atoms with E-state index in [9.17, 15) is 45.4 Å². The summed E-state index contributed by atoms with van der Waals surface area (Å²) in [5.41, 5.74) is 3.89. The highest BCUT2D eigenvalue weighted by Crippen LogP contribution is 2.28. The highest BCUT2D eigenvalue weighted by molar-refractivity contribution is 5.87. The molecule has 1 aromatic carbocycles. The molecule has 1 amide bonds. The first kappa shape index (κ1) is 23.0. The molecule has 1 aliphatic rings. The minimum absolute atomic E-state index is 0.00774. The standard InChI is InChI=1S/C17H25N3O9/c18-10(5-8-1-3-9(22)4-2-8)15(25)19-12(16(26)27)13-14(24)17(28,7-21)11(23)6-20(13)29/h1-4,10-14,21-24,28-29H,5-7,18H2,(H,19,25)(H,26,27)/t10-,11-,12?,13-,14-,17-/m0/s1. The van der Waals surface area contributed by atoms with E-state index in [2.05, 4.69) is 5.32 Å². The topological polar surface area (TPSA) is 217 Å². The average molecular weight is 415 g/mol. The molecule has 0 aliphatic carbocycles. The van der Waals surface area contributed by atoms with E-state index in [0.29, 0.717) is 5.56 Å². The lowest BCUT2D eigenvalue weighted by Gasteiger charge is -2.48. The van der Waals surface area contributed by atoms with Crippen LogP contribution in [0.4, 0.5) is 0 Å². The van der Waals surface area contributed by atoms with Crippen LogP contribution in [-0.4, -0.2) is 102 Å². The fourth-order valence-electron chi connectivity index (χ4n) is 3.20. The Kier molecular flexibility index (Phi) is 7.13. The summed E-state index contributed by atoms with van der Waals surface area (Å²) in [6.07, 6.45) is -3.88. The third-order valence-corrected chi connectivity index (χ3v) is 5.00. The number of aliphatic hydroxyl groups excluding tert-OH is 3. The van der Waals surface area contributed by atoms with Crippen LogP contribution in [0, 0.1) is 0 Å². The Labute approximate surface area is 165 Å². The van der Waals surface area contributed by atoms with Crippen molar-refractivity contribution in [3.05, 3.63) is 29.8 Å². The zero-order valence-electron chi connectivity index (χ0n) is 15.3. The lowest BCUT2D eigenvalue weighted by molar-refractivity contribution is -0.281. The molecule has 0 radical (unpaired) electrons. The van der Waals surface area contributed by atoms with Gasteiger partial charge in [0, 0.05) is 0 Å². The number of aliphatic hydroxyl groups is 4. The highest BCUT2D eigenvalue weighted by Gasteiger charge is 2.56. The number of benzene rings is 1. The number of nitrogens with zero attached hydrogens (tertiary/aromatic N) is 1. The maximum Gasteiger partial charge on any atom is 0.328 e. The number of nitrogens with two attached hydrogens (primary N) is 1. The monoisotopic (exact) mass is 415 g/mol. The van der Waals surface area contributed by atoms with Gasteiger partial charge in [-0.3, -0.25) is 4.79 Å². The highest BCUT2D eigenvalue weighted by atomic mass is 16.5. The molecule has 1 saturated heterocycles. The van der Waals surface area contributed by atoms with E-state index in [1.54, 1.807) is 0 Å². The molecule has 10 N–H and O–H groups in total. The predicted octanol–water partition coefficient (Wildman–Crippen LogP) is -3.65. The van der Waals surface area contributed by atoms with Gasteiger partial charge in [0.2, 0.25) is 5.91 Å². The smallest absolute Gasteiger partial charge is 0.328 e. The second-order valence-corrected chi connectivity index (χ2v) is 7.02. The normalized spacial score (nSPS) is 29.8. The molecule has 162 valence electrons. The molecular weight excluding hydrogens is 390 g/mol. The number of aliphatic carboxylic acids is 1. The lowest BCUT2D eigenvalue weighted by Crippen LogP contribution is -2.74. The van der Waals surface area contributed by atoms with Crippen LogP contribution < -0.4 is 11.1 Å². The molecule has 29 heavy (non-hydrogen) atoms. The summed E-state index contributed by atoms with van der Waals surface area (Å²) < 4.78 is 0. The number of rotatable bonds is 7. The van der Waals surface area contributed by atoms with Gasteiger partial charge in [-0.15, -0.1) is 0 Å². The zero-order valence-corrected chi connectivity index (χ0v) is 15.3. The lowest BCUT2D eigenvalue weighted by atomic mass is 9.80. The van der Waals surface area contributed by atoms with Crippen LogP contribution in [0.25, 0.3) is 0 Å². The van der Waals surface area contributed by atoms with Crippen LogP contribution in [0.1, 0.15) is 5.56 Å². The second kappa shape index (κ2) is 9.00. The van der Waals surface area contributed by atoms with Crippen LogP contribution in [0.2, 0.25) is 0 Å². The van der Waals surface area contributed by atoms with Gasteiger partial charge in [-0.2, -0.15) is 5.06 Å². The number of carbonyl (C=O) groups excluding carboxylic acids is 1. The van der Waals surface area contributed by atoms with Gasteiger partial charge in [-0.25, -0.2) is 4.79 Å². The summed E-state index contributed by atoms with van der Waals surface area (Å²) in [6.45, 7) is -1.79. The number of hydrogen-bond acceptors (Lipinski definition) is 10. The summed E-state index contributed by atoms with van der Waals surface area (Å²) in [4.78, 5) is 24.1. The van der Waals surface area contributed by atoms with Crippen molar-refractivity contribution < 1.29 is 45.4 Å². The zero-order chi connectivity index (χ0) is 21.9. The number of carboxylic acid groups (broad SMARTS) is 1. The number of hydrogen-bond donors (Lipinski definition) is 9. The number of nitrogens with one attached hydrogen (secondary N) is 1. The number of carboxylic acids is 1.